The van der Waals surface area contributed by atoms with Gasteiger partial charge in [0.2, 0.25) is 0 Å². The van der Waals surface area contributed by atoms with Crippen molar-refractivity contribution in [3.8, 4) is 0 Å². The second kappa shape index (κ2) is 1.98. The van der Waals surface area contributed by atoms with Gasteiger partial charge in [0, 0.05) is 0 Å². The molecule has 0 saturated carbocycles. The molecule has 2 fully saturated rings. The van der Waals surface area contributed by atoms with Crippen LogP contribution in [-0.4, -0.2) is 12.2 Å². The van der Waals surface area contributed by atoms with Crippen LogP contribution in [-0.2, 0) is 4.74 Å². The third-order valence-electron chi connectivity index (χ3n) is 2.76. The van der Waals surface area contributed by atoms with Crippen LogP contribution in [0.4, 0.5) is 0 Å². The minimum atomic E-state index is 0.653. The number of ether oxygens (including phenoxy) is 1. The standard InChI is InChI=1S/C8H14O/c1-2-6-5-7-3-4-8(6)9-7/h6-8H,2-5H2,1H3/t6-,7-,8+/m0/s1. The molecule has 0 aromatic rings. The average Bonchev–Trinajstić information content (AvgIpc) is 2.45. The molecule has 0 aliphatic carbocycles. The summed E-state index contributed by atoms with van der Waals surface area (Å²) in [6.07, 6.45) is 6.65. The zero-order chi connectivity index (χ0) is 6.27. The summed E-state index contributed by atoms with van der Waals surface area (Å²) in [4.78, 5) is 0. The minimum absolute atomic E-state index is 0.653. The number of hydrogen-bond donors (Lipinski definition) is 0. The molecule has 1 heteroatoms. The van der Waals surface area contributed by atoms with Crippen molar-refractivity contribution in [2.45, 2.75) is 44.8 Å². The molecule has 2 rings (SSSR count). The summed E-state index contributed by atoms with van der Waals surface area (Å²) in [5.41, 5.74) is 0. The Morgan fingerprint density at radius 1 is 1.44 bits per heavy atom. The molecule has 9 heavy (non-hydrogen) atoms. The zero-order valence-electron chi connectivity index (χ0n) is 5.97. The van der Waals surface area contributed by atoms with Gasteiger partial charge in [-0.1, -0.05) is 13.3 Å². The van der Waals surface area contributed by atoms with Crippen LogP contribution >= 0.6 is 0 Å². The van der Waals surface area contributed by atoms with Crippen molar-refractivity contribution < 1.29 is 4.74 Å². The van der Waals surface area contributed by atoms with Crippen LogP contribution < -0.4 is 0 Å². The quantitative estimate of drug-likeness (QED) is 0.522. The SMILES string of the molecule is CC[C@H]1C[C@@H]2CC[C@H]1O2. The lowest BCUT2D eigenvalue weighted by atomic mass is 9.88. The Hall–Kier alpha value is -0.0400. The third-order valence-corrected chi connectivity index (χ3v) is 2.76. The van der Waals surface area contributed by atoms with E-state index in [2.05, 4.69) is 6.92 Å². The Bertz CT molecular complexity index is 111. The predicted octanol–water partition coefficient (Wildman–Crippen LogP) is 1.96. The molecule has 0 aromatic heterocycles. The molecule has 0 unspecified atom stereocenters. The van der Waals surface area contributed by atoms with E-state index in [-0.39, 0.29) is 0 Å². The first kappa shape index (κ1) is 5.72. The summed E-state index contributed by atoms with van der Waals surface area (Å²) in [7, 11) is 0. The van der Waals surface area contributed by atoms with Gasteiger partial charge in [0.25, 0.3) is 0 Å². The van der Waals surface area contributed by atoms with Crippen molar-refractivity contribution in [1.82, 2.24) is 0 Å². The summed E-state index contributed by atoms with van der Waals surface area (Å²) in [6, 6.07) is 0. The first-order valence-corrected chi connectivity index (χ1v) is 4.05. The molecule has 2 bridgehead atoms. The molecule has 2 aliphatic rings. The van der Waals surface area contributed by atoms with Gasteiger partial charge in [0.05, 0.1) is 12.2 Å². The summed E-state index contributed by atoms with van der Waals surface area (Å²) in [5, 5.41) is 0. The molecule has 0 N–H and O–H groups in total. The lowest BCUT2D eigenvalue weighted by Crippen LogP contribution is -2.14. The van der Waals surface area contributed by atoms with Gasteiger partial charge >= 0.3 is 0 Å². The molecule has 0 radical (unpaired) electrons. The zero-order valence-corrected chi connectivity index (χ0v) is 5.97. The van der Waals surface area contributed by atoms with Crippen LogP contribution in [0.2, 0.25) is 0 Å². The maximum Gasteiger partial charge on any atom is 0.0608 e. The fourth-order valence-corrected chi connectivity index (χ4v) is 2.17. The Balaban J connectivity index is 2.01. The van der Waals surface area contributed by atoms with E-state index in [1.54, 1.807) is 0 Å². The Kier molecular flexibility index (Phi) is 1.26. The van der Waals surface area contributed by atoms with Crippen LogP contribution in [0.1, 0.15) is 32.6 Å². The highest BCUT2D eigenvalue weighted by Gasteiger charge is 2.39. The largest absolute Gasteiger partial charge is 0.375 e. The van der Waals surface area contributed by atoms with Crippen molar-refractivity contribution in [1.29, 1.82) is 0 Å². The maximum absolute atomic E-state index is 5.68. The number of rotatable bonds is 1. The van der Waals surface area contributed by atoms with Crippen molar-refractivity contribution in [3.63, 3.8) is 0 Å². The molecule has 2 aliphatic heterocycles. The summed E-state index contributed by atoms with van der Waals surface area (Å²) < 4.78 is 5.68. The van der Waals surface area contributed by atoms with E-state index in [9.17, 15) is 0 Å². The second-order valence-electron chi connectivity index (χ2n) is 3.28. The molecule has 52 valence electrons. The van der Waals surface area contributed by atoms with Crippen LogP contribution in [0.3, 0.4) is 0 Å². The molecular weight excluding hydrogens is 112 g/mol. The van der Waals surface area contributed by atoms with E-state index in [0.29, 0.717) is 12.2 Å². The van der Waals surface area contributed by atoms with E-state index in [4.69, 9.17) is 4.74 Å². The second-order valence-corrected chi connectivity index (χ2v) is 3.28. The molecular formula is C8H14O. The van der Waals surface area contributed by atoms with E-state index in [1.165, 1.54) is 25.7 Å². The monoisotopic (exact) mass is 126 g/mol. The van der Waals surface area contributed by atoms with Gasteiger partial charge in [0.15, 0.2) is 0 Å². The molecule has 0 aromatic carbocycles. The van der Waals surface area contributed by atoms with E-state index in [0.717, 1.165) is 5.92 Å². The lowest BCUT2D eigenvalue weighted by Gasteiger charge is -2.15. The van der Waals surface area contributed by atoms with Gasteiger partial charge in [-0.25, -0.2) is 0 Å². The fraction of sp³-hybridized carbons (Fsp3) is 1.00. The van der Waals surface area contributed by atoms with Crippen molar-refractivity contribution in [2.24, 2.45) is 5.92 Å². The Labute approximate surface area is 56.4 Å². The first-order chi connectivity index (χ1) is 4.40. The Morgan fingerprint density at radius 3 is 2.67 bits per heavy atom. The lowest BCUT2D eigenvalue weighted by molar-refractivity contribution is 0.0920. The van der Waals surface area contributed by atoms with E-state index < -0.39 is 0 Å². The fourth-order valence-electron chi connectivity index (χ4n) is 2.17. The molecule has 1 nitrogen and oxygen atoms in total. The maximum atomic E-state index is 5.68. The molecule has 3 atom stereocenters. The van der Waals surface area contributed by atoms with Gasteiger partial charge in [-0.15, -0.1) is 0 Å². The Morgan fingerprint density at radius 2 is 2.33 bits per heavy atom. The molecule has 0 amide bonds. The topological polar surface area (TPSA) is 9.23 Å². The van der Waals surface area contributed by atoms with Crippen molar-refractivity contribution in [3.05, 3.63) is 0 Å². The normalized spacial score (nSPS) is 48.3. The first-order valence-electron chi connectivity index (χ1n) is 4.05. The molecule has 0 spiro atoms. The summed E-state index contributed by atoms with van der Waals surface area (Å²) in [5.74, 6) is 0.906. The van der Waals surface area contributed by atoms with Gasteiger partial charge < -0.3 is 4.74 Å². The van der Waals surface area contributed by atoms with E-state index in [1.807, 2.05) is 0 Å². The predicted molar refractivity (Wildman–Crippen MR) is 36.3 cm³/mol. The number of hydrogen-bond acceptors (Lipinski definition) is 1. The van der Waals surface area contributed by atoms with Crippen LogP contribution in [0, 0.1) is 5.92 Å². The summed E-state index contributed by atoms with van der Waals surface area (Å²) in [6.45, 7) is 2.27. The van der Waals surface area contributed by atoms with Crippen molar-refractivity contribution >= 4 is 0 Å². The van der Waals surface area contributed by atoms with Crippen molar-refractivity contribution in [2.75, 3.05) is 0 Å². The van der Waals surface area contributed by atoms with Gasteiger partial charge in [-0.2, -0.15) is 0 Å². The summed E-state index contributed by atoms with van der Waals surface area (Å²) >= 11 is 0. The highest BCUT2D eigenvalue weighted by Crippen LogP contribution is 2.39. The average molecular weight is 126 g/mol. The van der Waals surface area contributed by atoms with Gasteiger partial charge in [-0.3, -0.25) is 0 Å². The van der Waals surface area contributed by atoms with Crippen LogP contribution in [0.25, 0.3) is 0 Å². The van der Waals surface area contributed by atoms with E-state index >= 15 is 0 Å². The van der Waals surface area contributed by atoms with Crippen LogP contribution in [0.5, 0.6) is 0 Å². The highest BCUT2D eigenvalue weighted by atomic mass is 16.5. The highest BCUT2D eigenvalue weighted by molar-refractivity contribution is 4.88. The molecule has 2 saturated heterocycles. The van der Waals surface area contributed by atoms with Gasteiger partial charge in [0.1, 0.15) is 0 Å². The minimum Gasteiger partial charge on any atom is -0.375 e. The number of fused-ring (bicyclic) bond motifs is 2. The third kappa shape index (κ3) is 0.787. The molecule has 2 heterocycles. The smallest absolute Gasteiger partial charge is 0.0608 e. The van der Waals surface area contributed by atoms with Gasteiger partial charge in [-0.05, 0) is 25.2 Å². The van der Waals surface area contributed by atoms with Crippen LogP contribution in [0.15, 0.2) is 0 Å².